The van der Waals surface area contributed by atoms with Crippen LogP contribution < -0.4 is 21.7 Å². The van der Waals surface area contributed by atoms with E-state index in [0.717, 1.165) is 16.0 Å². The number of imide groups is 1. The number of nitrogens with zero attached hydrogens (tertiary/aromatic N) is 2. The molecule has 2 heterocycles. The van der Waals surface area contributed by atoms with Crippen molar-refractivity contribution >= 4 is 47.1 Å². The summed E-state index contributed by atoms with van der Waals surface area (Å²) in [5, 5.41) is 8.43. The smallest absolute Gasteiger partial charge is 0.408 e. The number of halogens is 1. The summed E-state index contributed by atoms with van der Waals surface area (Å²) < 4.78 is 4.96. The first kappa shape index (κ1) is 27.9. The highest BCUT2D eigenvalue weighted by Crippen LogP contribution is 2.30. The Morgan fingerprint density at radius 1 is 1.13 bits per heavy atom. The van der Waals surface area contributed by atoms with Gasteiger partial charge in [-0.1, -0.05) is 29.8 Å². The third-order valence-corrected chi connectivity index (χ3v) is 6.89. The summed E-state index contributed by atoms with van der Waals surface area (Å²) in [6, 6.07) is 9.13. The number of amides is 6. The van der Waals surface area contributed by atoms with Crippen LogP contribution in [0, 0.1) is 6.92 Å². The Morgan fingerprint density at radius 2 is 1.92 bits per heavy atom. The molecule has 0 saturated carbocycles. The lowest BCUT2D eigenvalue weighted by Gasteiger charge is -2.34. The van der Waals surface area contributed by atoms with E-state index in [2.05, 4.69) is 16.0 Å². The zero-order valence-corrected chi connectivity index (χ0v) is 22.0. The van der Waals surface area contributed by atoms with E-state index >= 15 is 0 Å². The third-order valence-electron chi connectivity index (χ3n) is 6.48. The number of urea groups is 1. The standard InChI is InChI=1S/C26H29ClN6O6/c1-15-2-4-18(11-20(15)27)31-25(37)30-12-16-3-5-19-17(10-16)13-32(23(19)35)21-6-7-22(34)33(24(21)36)14-39-26(38)29-9-8-28/h2-5,10-11,21H,6-9,12-14,28H2,1H3,(H,29,38)(H2,30,31,37). The van der Waals surface area contributed by atoms with Gasteiger partial charge >= 0.3 is 12.1 Å². The molecule has 4 rings (SSSR count). The van der Waals surface area contributed by atoms with Crippen LogP contribution in [0.15, 0.2) is 36.4 Å². The van der Waals surface area contributed by atoms with Gasteiger partial charge in [0, 0.05) is 48.9 Å². The third kappa shape index (κ3) is 6.47. The van der Waals surface area contributed by atoms with Crippen LogP contribution in [0.1, 0.15) is 39.9 Å². The number of hydrogen-bond acceptors (Lipinski definition) is 7. The summed E-state index contributed by atoms with van der Waals surface area (Å²) in [5.41, 5.74) is 8.71. The minimum absolute atomic E-state index is 0.0286. The van der Waals surface area contributed by atoms with Gasteiger partial charge in [0.2, 0.25) is 5.91 Å². The number of piperidine rings is 1. The van der Waals surface area contributed by atoms with Crippen LogP contribution in [0.2, 0.25) is 5.02 Å². The van der Waals surface area contributed by atoms with E-state index in [4.69, 9.17) is 22.1 Å². The molecule has 6 amide bonds. The molecule has 39 heavy (non-hydrogen) atoms. The average molecular weight is 557 g/mol. The first-order valence-corrected chi connectivity index (χ1v) is 12.7. The summed E-state index contributed by atoms with van der Waals surface area (Å²) in [4.78, 5) is 64.9. The second-order valence-electron chi connectivity index (χ2n) is 9.19. The molecule has 2 aromatic carbocycles. The summed E-state index contributed by atoms with van der Waals surface area (Å²) >= 11 is 6.10. The van der Waals surface area contributed by atoms with E-state index in [9.17, 15) is 24.0 Å². The van der Waals surface area contributed by atoms with Crippen molar-refractivity contribution in [3.8, 4) is 0 Å². The second-order valence-corrected chi connectivity index (χ2v) is 9.59. The number of ether oxygens (including phenoxy) is 1. The van der Waals surface area contributed by atoms with Crippen molar-refractivity contribution in [1.29, 1.82) is 0 Å². The van der Waals surface area contributed by atoms with Gasteiger partial charge in [-0.25, -0.2) is 14.5 Å². The van der Waals surface area contributed by atoms with E-state index in [1.165, 1.54) is 4.90 Å². The number of rotatable bonds is 8. The number of anilines is 1. The predicted molar refractivity (Wildman–Crippen MR) is 142 cm³/mol. The maximum Gasteiger partial charge on any atom is 0.408 e. The number of aryl methyl sites for hydroxylation is 1. The molecule has 1 fully saturated rings. The zero-order chi connectivity index (χ0) is 28.1. The van der Waals surface area contributed by atoms with Crippen molar-refractivity contribution in [2.24, 2.45) is 5.73 Å². The molecule has 1 saturated heterocycles. The second kappa shape index (κ2) is 12.1. The van der Waals surface area contributed by atoms with Crippen molar-refractivity contribution < 1.29 is 28.7 Å². The Bertz CT molecular complexity index is 1320. The molecule has 13 heteroatoms. The number of likely N-dealkylation sites (tertiary alicyclic amines) is 1. The van der Waals surface area contributed by atoms with E-state index in [0.29, 0.717) is 21.8 Å². The van der Waals surface area contributed by atoms with Crippen LogP contribution in [-0.2, 0) is 27.4 Å². The first-order valence-electron chi connectivity index (χ1n) is 12.4. The van der Waals surface area contributed by atoms with Crippen molar-refractivity contribution in [1.82, 2.24) is 20.4 Å². The number of carbonyl (C=O) groups is 5. The van der Waals surface area contributed by atoms with E-state index in [-0.39, 0.29) is 44.9 Å². The SMILES string of the molecule is Cc1ccc(NC(=O)NCc2ccc3c(c2)CN(C2CCC(=O)N(COC(=O)NCCN)C2=O)C3=O)cc1Cl. The largest absolute Gasteiger partial charge is 0.428 e. The molecule has 0 aromatic heterocycles. The quantitative estimate of drug-likeness (QED) is 0.362. The Labute approximate surface area is 229 Å². The van der Waals surface area contributed by atoms with Gasteiger partial charge in [0.1, 0.15) is 6.04 Å². The number of alkyl carbamates (subject to hydrolysis) is 1. The molecule has 2 aliphatic heterocycles. The van der Waals surface area contributed by atoms with Crippen molar-refractivity contribution in [3.63, 3.8) is 0 Å². The molecule has 2 aromatic rings. The summed E-state index contributed by atoms with van der Waals surface area (Å²) in [6.07, 6.45) is -0.601. The zero-order valence-electron chi connectivity index (χ0n) is 21.3. The van der Waals surface area contributed by atoms with Crippen LogP contribution in [0.5, 0.6) is 0 Å². The topological polar surface area (TPSA) is 163 Å². The van der Waals surface area contributed by atoms with Gasteiger partial charge < -0.3 is 31.3 Å². The molecule has 1 atom stereocenters. The maximum atomic E-state index is 13.1. The summed E-state index contributed by atoms with van der Waals surface area (Å²) in [5.74, 6) is -1.41. The van der Waals surface area contributed by atoms with Gasteiger partial charge in [0.25, 0.3) is 11.8 Å². The van der Waals surface area contributed by atoms with Gasteiger partial charge in [-0.3, -0.25) is 14.4 Å². The lowest BCUT2D eigenvalue weighted by molar-refractivity contribution is -0.156. The molecule has 0 radical (unpaired) electrons. The number of benzene rings is 2. The summed E-state index contributed by atoms with van der Waals surface area (Å²) in [6.45, 7) is 2.10. The van der Waals surface area contributed by atoms with Crippen LogP contribution in [0.25, 0.3) is 0 Å². The van der Waals surface area contributed by atoms with Crippen molar-refractivity contribution in [2.75, 3.05) is 25.1 Å². The number of hydrogen-bond donors (Lipinski definition) is 4. The highest BCUT2D eigenvalue weighted by atomic mass is 35.5. The van der Waals surface area contributed by atoms with Gasteiger partial charge in [-0.15, -0.1) is 0 Å². The van der Waals surface area contributed by atoms with Crippen LogP contribution in [-0.4, -0.2) is 65.5 Å². The highest BCUT2D eigenvalue weighted by molar-refractivity contribution is 6.31. The molecular weight excluding hydrogens is 528 g/mol. The van der Waals surface area contributed by atoms with Crippen LogP contribution >= 0.6 is 11.6 Å². The average Bonchev–Trinajstić information content (AvgIpc) is 3.23. The molecule has 1 unspecified atom stereocenters. The molecule has 0 aliphatic carbocycles. The van der Waals surface area contributed by atoms with Crippen LogP contribution in [0.3, 0.4) is 0 Å². The minimum Gasteiger partial charge on any atom is -0.428 e. The number of carbonyl (C=O) groups excluding carboxylic acids is 5. The fourth-order valence-corrected chi connectivity index (χ4v) is 4.56. The molecule has 0 spiro atoms. The number of fused-ring (bicyclic) bond motifs is 1. The van der Waals surface area contributed by atoms with E-state index in [1.807, 2.05) is 6.92 Å². The Hall–Kier alpha value is -4.16. The van der Waals surface area contributed by atoms with Gasteiger partial charge in [0.05, 0.1) is 0 Å². The number of nitrogens with one attached hydrogen (secondary N) is 3. The van der Waals surface area contributed by atoms with Crippen molar-refractivity contribution in [3.05, 3.63) is 63.7 Å². The van der Waals surface area contributed by atoms with E-state index in [1.54, 1.807) is 36.4 Å². The molecule has 2 aliphatic rings. The van der Waals surface area contributed by atoms with Gasteiger partial charge in [-0.2, -0.15) is 0 Å². The van der Waals surface area contributed by atoms with Crippen molar-refractivity contribution in [2.45, 2.75) is 38.9 Å². The van der Waals surface area contributed by atoms with Gasteiger partial charge in [0.15, 0.2) is 6.73 Å². The Balaban J connectivity index is 1.36. The predicted octanol–water partition coefficient (Wildman–Crippen LogP) is 2.09. The molecule has 0 bridgehead atoms. The van der Waals surface area contributed by atoms with Gasteiger partial charge in [-0.05, 0) is 48.2 Å². The lowest BCUT2D eigenvalue weighted by Crippen LogP contribution is -2.55. The monoisotopic (exact) mass is 556 g/mol. The number of nitrogens with two attached hydrogens (primary N) is 1. The first-order chi connectivity index (χ1) is 18.7. The normalized spacial score (nSPS) is 16.7. The van der Waals surface area contributed by atoms with E-state index < -0.39 is 36.7 Å². The molecular formula is C26H29ClN6O6. The summed E-state index contributed by atoms with van der Waals surface area (Å²) in [7, 11) is 0. The Morgan fingerprint density at radius 3 is 2.67 bits per heavy atom. The lowest BCUT2D eigenvalue weighted by atomic mass is 10.0. The Kier molecular flexibility index (Phi) is 8.67. The van der Waals surface area contributed by atoms with Crippen LogP contribution in [0.4, 0.5) is 15.3 Å². The highest BCUT2D eigenvalue weighted by Gasteiger charge is 2.43. The fraction of sp³-hybridized carbons (Fsp3) is 0.346. The molecule has 12 nitrogen and oxygen atoms in total. The molecule has 5 N–H and O–H groups in total. The fourth-order valence-electron chi connectivity index (χ4n) is 4.38. The maximum absolute atomic E-state index is 13.1. The minimum atomic E-state index is -0.869. The molecule has 206 valence electrons.